The lowest BCUT2D eigenvalue weighted by atomic mass is 10.0. The van der Waals surface area contributed by atoms with E-state index in [1.807, 2.05) is 4.90 Å². The molecule has 5 nitrogen and oxygen atoms in total. The largest absolute Gasteiger partial charge is 0.391 e. The number of halogens is 1. The minimum absolute atomic E-state index is 0.109. The second-order valence-electron chi connectivity index (χ2n) is 6.73. The van der Waals surface area contributed by atoms with Crippen molar-refractivity contribution < 1.29 is 19.0 Å². The zero-order valence-corrected chi connectivity index (χ0v) is 14.0. The number of hydrogen-bond donors (Lipinski definition) is 1. The number of carbonyl (C=O) groups is 1. The van der Waals surface area contributed by atoms with Crippen LogP contribution in [-0.2, 0) is 9.53 Å². The topological polar surface area (TPSA) is 53.0 Å². The Morgan fingerprint density at radius 2 is 2.12 bits per heavy atom. The Morgan fingerprint density at radius 1 is 1.42 bits per heavy atom. The Balaban J connectivity index is 1.78. The van der Waals surface area contributed by atoms with Crippen LogP contribution < -0.4 is 0 Å². The Hall–Kier alpha value is -1.50. The fourth-order valence-corrected chi connectivity index (χ4v) is 3.23. The summed E-state index contributed by atoms with van der Waals surface area (Å²) in [6.07, 6.45) is 1.58. The molecule has 3 rings (SSSR count). The number of carbonyl (C=O) groups excluding carboxylic acids is 1. The van der Waals surface area contributed by atoms with Gasteiger partial charge in [0.05, 0.1) is 19.3 Å². The number of nitrogens with zero attached hydrogens (tertiary/aromatic N) is 2. The Morgan fingerprint density at radius 3 is 2.75 bits per heavy atom. The highest BCUT2D eigenvalue weighted by Crippen LogP contribution is 2.33. The number of benzene rings is 1. The molecule has 0 bridgehead atoms. The predicted molar refractivity (Wildman–Crippen MR) is 87.9 cm³/mol. The molecule has 1 amide bonds. The third-order valence-corrected chi connectivity index (χ3v) is 4.81. The Labute approximate surface area is 142 Å². The molecule has 2 aliphatic rings. The van der Waals surface area contributed by atoms with E-state index in [-0.39, 0.29) is 11.7 Å². The lowest BCUT2D eigenvalue weighted by molar-refractivity contribution is -0.139. The number of rotatable bonds is 6. The number of likely N-dealkylation sites (N-methyl/N-ethyl adjacent to an activating group) is 1. The lowest BCUT2D eigenvalue weighted by Crippen LogP contribution is -2.47. The summed E-state index contributed by atoms with van der Waals surface area (Å²) in [5.41, 5.74) is 0.648. The number of ether oxygens (including phenoxy) is 1. The summed E-state index contributed by atoms with van der Waals surface area (Å²) in [5.74, 6) is -0.141. The lowest BCUT2D eigenvalue weighted by Gasteiger charge is -2.36. The van der Waals surface area contributed by atoms with Crippen LogP contribution in [0.5, 0.6) is 0 Å². The fourth-order valence-electron chi connectivity index (χ4n) is 3.23. The first-order valence-corrected chi connectivity index (χ1v) is 8.56. The van der Waals surface area contributed by atoms with Crippen LogP contribution in [0.15, 0.2) is 24.3 Å². The maximum absolute atomic E-state index is 13.7. The average Bonchev–Trinajstić information content (AvgIpc) is 3.41. The highest BCUT2D eigenvalue weighted by molar-refractivity contribution is 5.83. The number of morpholine rings is 1. The molecular weight excluding hydrogens is 311 g/mol. The van der Waals surface area contributed by atoms with Crippen molar-refractivity contribution in [1.29, 1.82) is 0 Å². The smallest absolute Gasteiger partial charge is 0.244 e. The first-order valence-electron chi connectivity index (χ1n) is 8.56. The molecule has 1 N–H and O–H groups in total. The van der Waals surface area contributed by atoms with E-state index >= 15 is 0 Å². The molecule has 1 aliphatic carbocycles. The molecule has 1 aromatic rings. The minimum Gasteiger partial charge on any atom is -0.391 e. The molecule has 1 heterocycles. The molecular formula is C18H25FN2O3. The van der Waals surface area contributed by atoms with Crippen LogP contribution in [0, 0.1) is 11.7 Å². The van der Waals surface area contributed by atoms with Gasteiger partial charge in [0.25, 0.3) is 0 Å². The third kappa shape index (κ3) is 4.12. The molecule has 132 valence electrons. The van der Waals surface area contributed by atoms with Crippen molar-refractivity contribution in [2.75, 3.05) is 39.9 Å². The van der Waals surface area contributed by atoms with Crippen LogP contribution in [0.25, 0.3) is 0 Å². The van der Waals surface area contributed by atoms with Gasteiger partial charge in [-0.2, -0.15) is 0 Å². The third-order valence-electron chi connectivity index (χ3n) is 4.81. The molecule has 0 radical (unpaired) electrons. The van der Waals surface area contributed by atoms with E-state index in [1.165, 1.54) is 12.1 Å². The van der Waals surface area contributed by atoms with E-state index < -0.39 is 12.1 Å². The maximum Gasteiger partial charge on any atom is 0.244 e. The summed E-state index contributed by atoms with van der Waals surface area (Å²) in [7, 11) is 1.71. The molecule has 1 aromatic carbocycles. The quantitative estimate of drug-likeness (QED) is 0.854. The molecule has 1 saturated heterocycles. The Kier molecular flexibility index (Phi) is 5.48. The van der Waals surface area contributed by atoms with Crippen LogP contribution in [0.4, 0.5) is 4.39 Å². The number of aliphatic hydroxyl groups excluding tert-OH is 1. The van der Waals surface area contributed by atoms with Gasteiger partial charge >= 0.3 is 0 Å². The van der Waals surface area contributed by atoms with Gasteiger partial charge in [-0.25, -0.2) is 4.39 Å². The van der Waals surface area contributed by atoms with Gasteiger partial charge in [0, 0.05) is 26.7 Å². The Bertz CT molecular complexity index is 573. The van der Waals surface area contributed by atoms with Crippen molar-refractivity contribution >= 4 is 5.91 Å². The molecule has 2 unspecified atom stereocenters. The molecule has 2 atom stereocenters. The van der Waals surface area contributed by atoms with E-state index in [0.29, 0.717) is 44.3 Å². The first-order chi connectivity index (χ1) is 11.6. The monoisotopic (exact) mass is 336 g/mol. The second kappa shape index (κ2) is 7.59. The van der Waals surface area contributed by atoms with Gasteiger partial charge in [-0.3, -0.25) is 9.69 Å². The van der Waals surface area contributed by atoms with E-state index in [2.05, 4.69) is 0 Å². The SMILES string of the molecule is CN(CC(O)C1CC1)C(=O)C(c1cccc(F)c1)N1CCOCC1. The van der Waals surface area contributed by atoms with Crippen LogP contribution >= 0.6 is 0 Å². The average molecular weight is 336 g/mol. The summed E-state index contributed by atoms with van der Waals surface area (Å²) in [6, 6.07) is 5.67. The minimum atomic E-state index is -0.541. The molecule has 1 aliphatic heterocycles. The van der Waals surface area contributed by atoms with Crippen LogP contribution in [0.1, 0.15) is 24.4 Å². The normalized spacial score (nSPS) is 21.3. The highest BCUT2D eigenvalue weighted by atomic mass is 19.1. The molecule has 6 heteroatoms. The molecule has 2 fully saturated rings. The predicted octanol–water partition coefficient (Wildman–Crippen LogP) is 1.43. The standard InChI is InChI=1S/C18H25FN2O3/c1-20(12-16(22)13-5-6-13)18(23)17(21-7-9-24-10-8-21)14-3-2-4-15(19)11-14/h2-4,11,13,16-17,22H,5-10,12H2,1H3. The molecule has 0 spiro atoms. The van der Waals surface area contributed by atoms with Crippen LogP contribution in [-0.4, -0.2) is 66.8 Å². The van der Waals surface area contributed by atoms with Crippen molar-refractivity contribution in [3.63, 3.8) is 0 Å². The van der Waals surface area contributed by atoms with Crippen molar-refractivity contribution in [2.24, 2.45) is 5.92 Å². The molecule has 24 heavy (non-hydrogen) atoms. The van der Waals surface area contributed by atoms with E-state index in [1.54, 1.807) is 24.1 Å². The summed E-state index contributed by atoms with van der Waals surface area (Å²) < 4.78 is 19.0. The van der Waals surface area contributed by atoms with E-state index in [0.717, 1.165) is 12.8 Å². The summed E-state index contributed by atoms with van der Waals surface area (Å²) >= 11 is 0. The van der Waals surface area contributed by atoms with Gasteiger partial charge in [-0.15, -0.1) is 0 Å². The summed E-state index contributed by atoms with van der Waals surface area (Å²) in [4.78, 5) is 16.6. The number of amides is 1. The maximum atomic E-state index is 13.7. The molecule has 1 saturated carbocycles. The van der Waals surface area contributed by atoms with Gasteiger partial charge in [-0.1, -0.05) is 12.1 Å². The second-order valence-corrected chi connectivity index (χ2v) is 6.73. The van der Waals surface area contributed by atoms with Crippen LogP contribution in [0.3, 0.4) is 0 Å². The van der Waals surface area contributed by atoms with Gasteiger partial charge in [0.2, 0.25) is 5.91 Å². The zero-order chi connectivity index (χ0) is 17.1. The highest BCUT2D eigenvalue weighted by Gasteiger charge is 2.35. The zero-order valence-electron chi connectivity index (χ0n) is 14.0. The van der Waals surface area contributed by atoms with Gasteiger partial charge in [0.15, 0.2) is 0 Å². The summed E-state index contributed by atoms with van der Waals surface area (Å²) in [6.45, 7) is 2.71. The first kappa shape index (κ1) is 17.3. The van der Waals surface area contributed by atoms with E-state index in [9.17, 15) is 14.3 Å². The molecule has 0 aromatic heterocycles. The van der Waals surface area contributed by atoms with E-state index in [4.69, 9.17) is 4.74 Å². The number of hydrogen-bond acceptors (Lipinski definition) is 4. The van der Waals surface area contributed by atoms with Gasteiger partial charge in [0.1, 0.15) is 11.9 Å². The van der Waals surface area contributed by atoms with Crippen molar-refractivity contribution in [3.05, 3.63) is 35.6 Å². The fraction of sp³-hybridized carbons (Fsp3) is 0.611. The van der Waals surface area contributed by atoms with Gasteiger partial charge < -0.3 is 14.7 Å². The van der Waals surface area contributed by atoms with Crippen molar-refractivity contribution in [1.82, 2.24) is 9.80 Å². The van der Waals surface area contributed by atoms with Crippen molar-refractivity contribution in [3.8, 4) is 0 Å². The van der Waals surface area contributed by atoms with Crippen molar-refractivity contribution in [2.45, 2.75) is 25.0 Å². The number of aliphatic hydroxyl groups is 1. The summed E-state index contributed by atoms with van der Waals surface area (Å²) in [5, 5.41) is 10.1. The van der Waals surface area contributed by atoms with Crippen LogP contribution in [0.2, 0.25) is 0 Å². The van der Waals surface area contributed by atoms with Gasteiger partial charge in [-0.05, 0) is 36.5 Å².